The van der Waals surface area contributed by atoms with E-state index in [0.717, 1.165) is 5.56 Å². The molecule has 1 heterocycles. The van der Waals surface area contributed by atoms with Crippen molar-refractivity contribution in [1.82, 2.24) is 5.32 Å². The van der Waals surface area contributed by atoms with Crippen LogP contribution in [-0.4, -0.2) is 42.3 Å². The smallest absolute Gasteiger partial charge is 0.311 e. The van der Waals surface area contributed by atoms with Crippen molar-refractivity contribution in [3.63, 3.8) is 0 Å². The molecule has 6 heteroatoms. The monoisotopic (exact) mass is 363 g/mol. The fourth-order valence-electron chi connectivity index (χ4n) is 3.22. The summed E-state index contributed by atoms with van der Waals surface area (Å²) in [5.41, 5.74) is -0.922. The molecule has 144 valence electrons. The first-order valence-electron chi connectivity index (χ1n) is 9.25. The van der Waals surface area contributed by atoms with Gasteiger partial charge in [0.25, 0.3) is 5.91 Å². The molecule has 1 aliphatic heterocycles. The number of hydrogen-bond donors (Lipinski definition) is 2. The Labute approximate surface area is 154 Å². The van der Waals surface area contributed by atoms with Gasteiger partial charge in [-0.25, -0.2) is 0 Å². The molecular formula is C20H29NO5. The minimum Gasteiger partial charge on any atom is -0.481 e. The summed E-state index contributed by atoms with van der Waals surface area (Å²) in [4.78, 5) is 24.6. The third-order valence-electron chi connectivity index (χ3n) is 5.47. The quantitative estimate of drug-likeness (QED) is 0.705. The molecule has 0 atom stereocenters. The Morgan fingerprint density at radius 2 is 1.81 bits per heavy atom. The van der Waals surface area contributed by atoms with Crippen LogP contribution in [0.15, 0.2) is 30.3 Å². The molecule has 0 aromatic heterocycles. The number of ether oxygens (including phenoxy) is 2. The number of carbonyl (C=O) groups excluding carboxylic acids is 1. The van der Waals surface area contributed by atoms with Crippen LogP contribution in [0.25, 0.3) is 0 Å². The number of aliphatic carboxylic acids is 1. The van der Waals surface area contributed by atoms with Gasteiger partial charge in [0.05, 0.1) is 12.0 Å². The number of hydrogen-bond acceptors (Lipinski definition) is 4. The highest BCUT2D eigenvalue weighted by molar-refractivity contribution is 5.86. The number of amides is 1. The normalized spacial score (nSPS) is 16.8. The highest BCUT2D eigenvalue weighted by atomic mass is 16.5. The number of rotatable bonds is 9. The van der Waals surface area contributed by atoms with E-state index in [1.807, 2.05) is 44.2 Å². The Kier molecular flexibility index (Phi) is 7.17. The van der Waals surface area contributed by atoms with Gasteiger partial charge in [0.2, 0.25) is 0 Å². The first-order valence-corrected chi connectivity index (χ1v) is 9.25. The van der Waals surface area contributed by atoms with Gasteiger partial charge in [-0.3, -0.25) is 9.59 Å². The lowest BCUT2D eigenvalue weighted by Gasteiger charge is -2.37. The maximum absolute atomic E-state index is 13.0. The molecule has 0 bridgehead atoms. The Morgan fingerprint density at radius 3 is 2.35 bits per heavy atom. The predicted molar refractivity (Wildman–Crippen MR) is 97.7 cm³/mol. The van der Waals surface area contributed by atoms with Crippen LogP contribution >= 0.6 is 0 Å². The summed E-state index contributed by atoms with van der Waals surface area (Å²) in [6.07, 6.45) is 1.84. The van der Waals surface area contributed by atoms with Crippen molar-refractivity contribution in [2.45, 2.75) is 51.7 Å². The standard InChI is InChI=1S/C20H29NO5/c1-3-19(4-2,18(23)24)15-21-17(22)20(10-12-25-13-11-20)26-14-16-8-6-5-7-9-16/h5-9H,3-4,10-15H2,1-2H3,(H,21,22)(H,23,24). The average Bonchev–Trinajstić information content (AvgIpc) is 2.68. The summed E-state index contributed by atoms with van der Waals surface area (Å²) in [6.45, 7) is 5.01. The largest absolute Gasteiger partial charge is 0.481 e. The maximum Gasteiger partial charge on any atom is 0.311 e. The molecule has 2 N–H and O–H groups in total. The van der Waals surface area contributed by atoms with Crippen LogP contribution in [0.4, 0.5) is 0 Å². The van der Waals surface area contributed by atoms with E-state index in [0.29, 0.717) is 45.5 Å². The molecule has 1 aliphatic rings. The second kappa shape index (κ2) is 9.14. The van der Waals surface area contributed by atoms with Crippen LogP contribution in [0, 0.1) is 5.41 Å². The number of carbonyl (C=O) groups is 2. The predicted octanol–water partition coefficient (Wildman–Crippen LogP) is 2.76. The van der Waals surface area contributed by atoms with E-state index in [-0.39, 0.29) is 12.5 Å². The van der Waals surface area contributed by atoms with Crippen LogP contribution in [-0.2, 0) is 25.7 Å². The van der Waals surface area contributed by atoms with Crippen LogP contribution < -0.4 is 5.32 Å². The minimum absolute atomic E-state index is 0.103. The highest BCUT2D eigenvalue weighted by Gasteiger charge is 2.43. The fourth-order valence-corrected chi connectivity index (χ4v) is 3.22. The molecule has 0 unspecified atom stereocenters. The third kappa shape index (κ3) is 4.62. The molecular weight excluding hydrogens is 334 g/mol. The van der Waals surface area contributed by atoms with Crippen LogP contribution in [0.3, 0.4) is 0 Å². The second-order valence-electron chi connectivity index (χ2n) is 6.86. The van der Waals surface area contributed by atoms with Crippen molar-refractivity contribution in [3.8, 4) is 0 Å². The molecule has 6 nitrogen and oxygen atoms in total. The molecule has 1 saturated heterocycles. The summed E-state index contributed by atoms with van der Waals surface area (Å²) < 4.78 is 11.5. The lowest BCUT2D eigenvalue weighted by molar-refractivity contribution is -0.164. The van der Waals surface area contributed by atoms with Crippen molar-refractivity contribution in [2.75, 3.05) is 19.8 Å². The van der Waals surface area contributed by atoms with Crippen molar-refractivity contribution in [3.05, 3.63) is 35.9 Å². The first kappa shape index (κ1) is 20.4. The van der Waals surface area contributed by atoms with Gasteiger partial charge in [-0.05, 0) is 18.4 Å². The molecule has 2 rings (SSSR count). The third-order valence-corrected chi connectivity index (χ3v) is 5.47. The van der Waals surface area contributed by atoms with Crippen LogP contribution in [0.1, 0.15) is 45.1 Å². The van der Waals surface area contributed by atoms with Crippen LogP contribution in [0.5, 0.6) is 0 Å². The topological polar surface area (TPSA) is 84.9 Å². The van der Waals surface area contributed by atoms with E-state index in [2.05, 4.69) is 5.32 Å². The molecule has 1 fully saturated rings. The van der Waals surface area contributed by atoms with Gasteiger partial charge < -0.3 is 19.9 Å². The number of benzene rings is 1. The van der Waals surface area contributed by atoms with Crippen molar-refractivity contribution in [1.29, 1.82) is 0 Å². The van der Waals surface area contributed by atoms with Crippen molar-refractivity contribution >= 4 is 11.9 Å². The van der Waals surface area contributed by atoms with Gasteiger partial charge in [-0.1, -0.05) is 44.2 Å². The number of nitrogens with one attached hydrogen (secondary N) is 1. The van der Waals surface area contributed by atoms with Gasteiger partial charge in [0.1, 0.15) is 0 Å². The first-order chi connectivity index (χ1) is 12.5. The van der Waals surface area contributed by atoms with E-state index < -0.39 is 17.0 Å². The molecule has 0 radical (unpaired) electrons. The number of carboxylic acids is 1. The Morgan fingerprint density at radius 1 is 1.19 bits per heavy atom. The zero-order valence-electron chi connectivity index (χ0n) is 15.6. The summed E-state index contributed by atoms with van der Waals surface area (Å²) in [5, 5.41) is 12.4. The van der Waals surface area contributed by atoms with E-state index in [1.54, 1.807) is 0 Å². The van der Waals surface area contributed by atoms with E-state index >= 15 is 0 Å². The minimum atomic E-state index is -0.972. The molecule has 0 aliphatic carbocycles. The lowest BCUT2D eigenvalue weighted by Crippen LogP contribution is -2.54. The van der Waals surface area contributed by atoms with Crippen LogP contribution in [0.2, 0.25) is 0 Å². The molecule has 1 aromatic carbocycles. The lowest BCUT2D eigenvalue weighted by atomic mass is 9.82. The highest BCUT2D eigenvalue weighted by Crippen LogP contribution is 2.29. The Hall–Kier alpha value is -1.92. The van der Waals surface area contributed by atoms with E-state index in [4.69, 9.17) is 9.47 Å². The molecule has 1 amide bonds. The summed E-state index contributed by atoms with van der Waals surface area (Å²) in [5.74, 6) is -1.13. The van der Waals surface area contributed by atoms with Gasteiger partial charge in [0, 0.05) is 32.6 Å². The van der Waals surface area contributed by atoms with E-state index in [1.165, 1.54) is 0 Å². The van der Waals surface area contributed by atoms with Crippen molar-refractivity contribution < 1.29 is 24.2 Å². The van der Waals surface area contributed by atoms with Crippen molar-refractivity contribution in [2.24, 2.45) is 5.41 Å². The SMILES string of the molecule is CCC(CC)(CNC(=O)C1(OCc2ccccc2)CCOCC1)C(=O)O. The summed E-state index contributed by atoms with van der Waals surface area (Å²) >= 11 is 0. The van der Waals surface area contributed by atoms with Gasteiger partial charge >= 0.3 is 5.97 Å². The second-order valence-corrected chi connectivity index (χ2v) is 6.86. The summed E-state index contributed by atoms with van der Waals surface area (Å²) in [7, 11) is 0. The van der Waals surface area contributed by atoms with Gasteiger partial charge in [-0.2, -0.15) is 0 Å². The molecule has 0 spiro atoms. The zero-order chi connectivity index (χ0) is 19.0. The van der Waals surface area contributed by atoms with Gasteiger partial charge in [-0.15, -0.1) is 0 Å². The van der Waals surface area contributed by atoms with E-state index in [9.17, 15) is 14.7 Å². The summed E-state index contributed by atoms with van der Waals surface area (Å²) in [6, 6.07) is 9.70. The molecule has 1 aromatic rings. The Balaban J connectivity index is 2.07. The fraction of sp³-hybridized carbons (Fsp3) is 0.600. The van der Waals surface area contributed by atoms with Gasteiger partial charge in [0.15, 0.2) is 5.60 Å². The Bertz CT molecular complexity index is 591. The number of carboxylic acid groups (broad SMARTS) is 1. The zero-order valence-corrected chi connectivity index (χ0v) is 15.6. The average molecular weight is 363 g/mol. The molecule has 0 saturated carbocycles. The molecule has 26 heavy (non-hydrogen) atoms. The maximum atomic E-state index is 13.0.